The molecule has 16 heavy (non-hydrogen) atoms. The number of carbonyl (C=O) groups is 1. The molecule has 1 aromatic rings. The van der Waals surface area contributed by atoms with Gasteiger partial charge in [0, 0.05) is 12.6 Å². The van der Waals surface area contributed by atoms with Gasteiger partial charge in [0.2, 0.25) is 0 Å². The fourth-order valence-electron chi connectivity index (χ4n) is 1.58. The van der Waals surface area contributed by atoms with Crippen molar-refractivity contribution in [3.8, 4) is 0 Å². The van der Waals surface area contributed by atoms with Crippen molar-refractivity contribution >= 4 is 17.5 Å². The number of halogens is 1. The topological polar surface area (TPSA) is 55.1 Å². The number of amides is 1. The van der Waals surface area contributed by atoms with Crippen LogP contribution in [0.25, 0.3) is 0 Å². The van der Waals surface area contributed by atoms with E-state index in [1.54, 1.807) is 0 Å². The van der Waals surface area contributed by atoms with Gasteiger partial charge in [-0.3, -0.25) is 4.79 Å². The van der Waals surface area contributed by atoms with Crippen molar-refractivity contribution in [2.75, 3.05) is 6.54 Å². The maximum Gasteiger partial charge on any atom is 0.273 e. The van der Waals surface area contributed by atoms with Crippen LogP contribution in [0.15, 0.2) is 16.9 Å². The van der Waals surface area contributed by atoms with Gasteiger partial charge in [0.15, 0.2) is 5.69 Å². The lowest BCUT2D eigenvalue weighted by Crippen LogP contribution is -2.33. The van der Waals surface area contributed by atoms with Crippen LogP contribution in [0.5, 0.6) is 0 Å². The van der Waals surface area contributed by atoms with Crippen LogP contribution in [0.4, 0.5) is 0 Å². The fourth-order valence-corrected chi connectivity index (χ4v) is 2.01. The summed E-state index contributed by atoms with van der Waals surface area (Å²) in [5, 5.41) is 6.25. The largest absolute Gasteiger partial charge is 0.364 e. The van der Waals surface area contributed by atoms with Gasteiger partial charge in [-0.25, -0.2) is 0 Å². The van der Waals surface area contributed by atoms with Gasteiger partial charge >= 0.3 is 0 Å². The third-order valence-corrected chi connectivity index (χ3v) is 3.20. The molecule has 0 fully saturated rings. The van der Waals surface area contributed by atoms with Gasteiger partial charge in [-0.1, -0.05) is 31.8 Å². The number of nitrogens with zero attached hydrogens (tertiary/aromatic N) is 1. The van der Waals surface area contributed by atoms with E-state index in [9.17, 15) is 4.79 Å². The number of nitrogens with one attached hydrogen (secondary N) is 1. The molecular weight excluding hydrogens is 228 g/mol. The van der Waals surface area contributed by atoms with Crippen molar-refractivity contribution in [2.24, 2.45) is 5.92 Å². The van der Waals surface area contributed by atoms with E-state index >= 15 is 0 Å². The molecule has 0 saturated heterocycles. The Labute approximate surface area is 100 Å². The summed E-state index contributed by atoms with van der Waals surface area (Å²) in [7, 11) is 0. The van der Waals surface area contributed by atoms with Gasteiger partial charge in [0.25, 0.3) is 5.91 Å². The zero-order valence-corrected chi connectivity index (χ0v) is 10.3. The fraction of sp³-hybridized carbons (Fsp3) is 0.636. The molecular formula is C11H17ClN2O2. The quantitative estimate of drug-likeness (QED) is 0.782. The first-order chi connectivity index (χ1) is 7.69. The second-order valence-electron chi connectivity index (χ2n) is 3.69. The summed E-state index contributed by atoms with van der Waals surface area (Å²) >= 11 is 6.19. The maximum absolute atomic E-state index is 11.5. The highest BCUT2D eigenvalue weighted by Crippen LogP contribution is 2.17. The monoisotopic (exact) mass is 244 g/mol. The Morgan fingerprint density at radius 3 is 2.75 bits per heavy atom. The van der Waals surface area contributed by atoms with Crippen LogP contribution < -0.4 is 5.32 Å². The zero-order chi connectivity index (χ0) is 12.0. The highest BCUT2D eigenvalue weighted by Gasteiger charge is 2.17. The molecule has 0 spiro atoms. The summed E-state index contributed by atoms with van der Waals surface area (Å²) in [4.78, 5) is 11.5. The minimum atomic E-state index is -0.245. The predicted octanol–water partition coefficient (Wildman–Crippen LogP) is 2.45. The van der Waals surface area contributed by atoms with Crippen LogP contribution in [0.2, 0.25) is 0 Å². The highest BCUT2D eigenvalue weighted by molar-refractivity contribution is 6.21. The Balaban J connectivity index is 2.37. The predicted molar refractivity (Wildman–Crippen MR) is 62.5 cm³/mol. The molecule has 0 saturated carbocycles. The Morgan fingerprint density at radius 2 is 2.25 bits per heavy atom. The number of carbonyl (C=O) groups excluding carboxylic acids is 1. The Morgan fingerprint density at radius 1 is 1.56 bits per heavy atom. The summed E-state index contributed by atoms with van der Waals surface area (Å²) in [6.45, 7) is 4.66. The summed E-state index contributed by atoms with van der Waals surface area (Å²) in [5.41, 5.74) is 0.286. The molecule has 1 rings (SSSR count). The van der Waals surface area contributed by atoms with E-state index in [1.165, 1.54) is 12.3 Å². The third-order valence-electron chi connectivity index (χ3n) is 2.69. The Bertz CT molecular complexity index is 310. The van der Waals surface area contributed by atoms with Crippen LogP contribution >= 0.6 is 11.6 Å². The number of hydrogen-bond acceptors (Lipinski definition) is 3. The van der Waals surface area contributed by atoms with Crippen molar-refractivity contribution in [2.45, 2.75) is 32.1 Å². The highest BCUT2D eigenvalue weighted by atomic mass is 35.5. The summed E-state index contributed by atoms with van der Waals surface area (Å²) < 4.78 is 4.59. The molecule has 4 nitrogen and oxygen atoms in total. The normalized spacial score (nSPS) is 12.8. The molecule has 0 bridgehead atoms. The second kappa shape index (κ2) is 6.53. The van der Waals surface area contributed by atoms with Gasteiger partial charge in [-0.15, -0.1) is 11.6 Å². The van der Waals surface area contributed by atoms with E-state index in [4.69, 9.17) is 11.6 Å². The van der Waals surface area contributed by atoms with Gasteiger partial charge < -0.3 is 9.84 Å². The molecule has 1 amide bonds. The van der Waals surface area contributed by atoms with Crippen molar-refractivity contribution in [1.29, 1.82) is 0 Å². The zero-order valence-electron chi connectivity index (χ0n) is 9.57. The SMILES string of the molecule is CCC(CC)C(Cl)CNC(=O)c1ccon1. The minimum Gasteiger partial charge on any atom is -0.364 e. The van der Waals surface area contributed by atoms with E-state index in [-0.39, 0.29) is 17.0 Å². The molecule has 0 aliphatic rings. The minimum absolute atomic E-state index is 0.0362. The summed E-state index contributed by atoms with van der Waals surface area (Å²) in [6, 6.07) is 1.52. The molecule has 1 unspecified atom stereocenters. The molecule has 1 atom stereocenters. The number of alkyl halides is 1. The molecule has 5 heteroatoms. The Kier molecular flexibility index (Phi) is 5.32. The van der Waals surface area contributed by atoms with E-state index in [1.807, 2.05) is 0 Å². The smallest absolute Gasteiger partial charge is 0.273 e. The van der Waals surface area contributed by atoms with Gasteiger partial charge in [-0.2, -0.15) is 0 Å². The molecule has 0 aliphatic carbocycles. The van der Waals surface area contributed by atoms with Gasteiger partial charge in [0.05, 0.1) is 5.38 Å². The lowest BCUT2D eigenvalue weighted by atomic mass is 9.99. The van der Waals surface area contributed by atoms with Crippen molar-refractivity contribution in [3.05, 3.63) is 18.0 Å². The Hall–Kier alpha value is -1.03. The molecule has 0 aromatic carbocycles. The lowest BCUT2D eigenvalue weighted by molar-refractivity contribution is 0.0942. The first-order valence-electron chi connectivity index (χ1n) is 5.51. The van der Waals surface area contributed by atoms with Crippen LogP contribution in [0, 0.1) is 5.92 Å². The first kappa shape index (κ1) is 13.0. The summed E-state index contributed by atoms with van der Waals surface area (Å²) in [5.74, 6) is 0.185. The molecule has 90 valence electrons. The molecule has 0 aliphatic heterocycles. The third kappa shape index (κ3) is 3.52. The van der Waals surface area contributed by atoms with Crippen LogP contribution in [0.1, 0.15) is 37.2 Å². The lowest BCUT2D eigenvalue weighted by Gasteiger charge is -2.19. The molecule has 1 N–H and O–H groups in total. The number of aromatic nitrogens is 1. The van der Waals surface area contributed by atoms with Crippen LogP contribution in [-0.2, 0) is 0 Å². The number of hydrogen-bond donors (Lipinski definition) is 1. The molecule has 1 heterocycles. The van der Waals surface area contributed by atoms with Gasteiger partial charge in [-0.05, 0) is 5.92 Å². The summed E-state index contributed by atoms with van der Waals surface area (Å²) in [6.07, 6.45) is 3.41. The van der Waals surface area contributed by atoms with Crippen LogP contribution in [0.3, 0.4) is 0 Å². The molecule has 1 aromatic heterocycles. The van der Waals surface area contributed by atoms with Crippen molar-refractivity contribution < 1.29 is 9.32 Å². The number of rotatable bonds is 6. The van der Waals surface area contributed by atoms with E-state index in [2.05, 4.69) is 28.8 Å². The second-order valence-corrected chi connectivity index (χ2v) is 4.25. The average Bonchev–Trinajstić information content (AvgIpc) is 2.81. The van der Waals surface area contributed by atoms with Crippen LogP contribution in [-0.4, -0.2) is 23.0 Å². The average molecular weight is 245 g/mol. The van der Waals surface area contributed by atoms with E-state index < -0.39 is 0 Å². The van der Waals surface area contributed by atoms with E-state index in [0.29, 0.717) is 12.5 Å². The van der Waals surface area contributed by atoms with Gasteiger partial charge in [0.1, 0.15) is 6.26 Å². The van der Waals surface area contributed by atoms with Crippen molar-refractivity contribution in [1.82, 2.24) is 10.5 Å². The first-order valence-corrected chi connectivity index (χ1v) is 5.95. The standard InChI is InChI=1S/C11H17ClN2O2/c1-3-8(4-2)9(12)7-13-11(15)10-5-6-16-14-10/h5-6,8-9H,3-4,7H2,1-2H3,(H,13,15). The van der Waals surface area contributed by atoms with E-state index in [0.717, 1.165) is 12.8 Å². The maximum atomic E-state index is 11.5. The molecule has 0 radical (unpaired) electrons. The van der Waals surface area contributed by atoms with Crippen molar-refractivity contribution in [3.63, 3.8) is 0 Å².